The van der Waals surface area contributed by atoms with Crippen molar-refractivity contribution >= 4 is 11.6 Å². The summed E-state index contributed by atoms with van der Waals surface area (Å²) in [6, 6.07) is 14.6. The van der Waals surface area contributed by atoms with Crippen molar-refractivity contribution in [1.82, 2.24) is 10.3 Å². The van der Waals surface area contributed by atoms with Crippen molar-refractivity contribution in [2.45, 2.75) is 38.5 Å². The molecule has 4 rings (SSSR count). The van der Waals surface area contributed by atoms with Gasteiger partial charge in [-0.2, -0.15) is 0 Å². The fourth-order valence-electron chi connectivity index (χ4n) is 4.21. The van der Waals surface area contributed by atoms with Crippen molar-refractivity contribution < 1.29 is 22.7 Å². The molecule has 1 fully saturated rings. The lowest BCUT2D eigenvalue weighted by Crippen LogP contribution is -2.22. The Hall–Kier alpha value is -3.39. The first-order valence-electron chi connectivity index (χ1n) is 11.2. The third-order valence-electron chi connectivity index (χ3n) is 5.92. The van der Waals surface area contributed by atoms with Gasteiger partial charge in [0.15, 0.2) is 0 Å². The Kier molecular flexibility index (Phi) is 7.17. The number of hydrogen-bond donors (Lipinski definition) is 2. The fourth-order valence-corrected chi connectivity index (χ4v) is 4.21. The van der Waals surface area contributed by atoms with E-state index in [1.54, 1.807) is 36.5 Å². The second kappa shape index (κ2) is 10.3. The quantitative estimate of drug-likeness (QED) is 0.477. The van der Waals surface area contributed by atoms with Crippen molar-refractivity contribution in [3.63, 3.8) is 0 Å². The highest BCUT2D eigenvalue weighted by Crippen LogP contribution is 2.30. The van der Waals surface area contributed by atoms with E-state index >= 15 is 0 Å². The Labute approximate surface area is 196 Å². The molecule has 1 aliphatic heterocycles. The minimum Gasteiger partial charge on any atom is -0.406 e. The summed E-state index contributed by atoms with van der Waals surface area (Å²) in [6.45, 7) is 3.69. The van der Waals surface area contributed by atoms with Gasteiger partial charge in [-0.1, -0.05) is 24.6 Å². The number of alkyl halides is 3. The largest absolute Gasteiger partial charge is 0.573 e. The third-order valence-corrected chi connectivity index (χ3v) is 5.92. The Morgan fingerprint density at radius 1 is 1.12 bits per heavy atom. The zero-order valence-corrected chi connectivity index (χ0v) is 18.8. The molecule has 178 valence electrons. The molecule has 0 aliphatic carbocycles. The standard InChI is InChI=1S/C26H26F3N3O2/c1-17-7-8-19(15-22(17)18-9-11-21(12-10-18)34-26(27,28)29)25(33)32-23-6-4-14-31-24(23)20-5-2-3-13-30-16-20/h4,6-12,14-15,20,30H,2-3,5,13,16H2,1H3,(H,32,33). The molecule has 0 bridgehead atoms. The molecular weight excluding hydrogens is 443 g/mol. The molecule has 8 heteroatoms. The number of nitrogens with one attached hydrogen (secondary N) is 2. The van der Waals surface area contributed by atoms with E-state index in [1.165, 1.54) is 12.1 Å². The van der Waals surface area contributed by atoms with Crippen LogP contribution in [0.15, 0.2) is 60.8 Å². The summed E-state index contributed by atoms with van der Waals surface area (Å²) >= 11 is 0. The molecule has 1 saturated heterocycles. The van der Waals surface area contributed by atoms with Gasteiger partial charge >= 0.3 is 6.36 Å². The average Bonchev–Trinajstić information content (AvgIpc) is 3.09. The van der Waals surface area contributed by atoms with Crippen molar-refractivity contribution in [3.05, 3.63) is 77.6 Å². The van der Waals surface area contributed by atoms with E-state index in [4.69, 9.17) is 0 Å². The van der Waals surface area contributed by atoms with Crippen LogP contribution in [0.1, 0.15) is 46.8 Å². The van der Waals surface area contributed by atoms with Gasteiger partial charge in [-0.05, 0) is 79.4 Å². The Bertz CT molecular complexity index is 1140. The molecule has 2 aromatic carbocycles. The molecule has 5 nitrogen and oxygen atoms in total. The molecular formula is C26H26F3N3O2. The Morgan fingerprint density at radius 3 is 2.68 bits per heavy atom. The van der Waals surface area contributed by atoms with Gasteiger partial charge in [0.05, 0.1) is 11.4 Å². The van der Waals surface area contributed by atoms with Crippen LogP contribution in [0.4, 0.5) is 18.9 Å². The fraction of sp³-hybridized carbons (Fsp3) is 0.308. The number of aryl methyl sites for hydroxylation is 1. The van der Waals surface area contributed by atoms with E-state index in [2.05, 4.69) is 20.4 Å². The molecule has 1 aliphatic rings. The van der Waals surface area contributed by atoms with Gasteiger partial charge in [-0.25, -0.2) is 0 Å². The number of rotatable bonds is 5. The second-order valence-corrected chi connectivity index (χ2v) is 8.39. The van der Waals surface area contributed by atoms with Crippen LogP contribution in [-0.2, 0) is 0 Å². The van der Waals surface area contributed by atoms with E-state index in [9.17, 15) is 18.0 Å². The minimum atomic E-state index is -4.74. The number of nitrogens with zero attached hydrogens (tertiary/aromatic N) is 1. The normalized spacial score (nSPS) is 16.5. The zero-order chi connectivity index (χ0) is 24.1. The number of ether oxygens (including phenoxy) is 1. The lowest BCUT2D eigenvalue weighted by atomic mass is 9.96. The summed E-state index contributed by atoms with van der Waals surface area (Å²) in [4.78, 5) is 17.7. The molecule has 1 atom stereocenters. The third kappa shape index (κ3) is 5.94. The maximum absolute atomic E-state index is 13.1. The zero-order valence-electron chi connectivity index (χ0n) is 18.8. The molecule has 0 saturated carbocycles. The van der Waals surface area contributed by atoms with Gasteiger partial charge < -0.3 is 15.4 Å². The van der Waals surface area contributed by atoms with Gasteiger partial charge in [-0.15, -0.1) is 13.2 Å². The predicted molar refractivity (Wildman–Crippen MR) is 125 cm³/mol. The van der Waals surface area contributed by atoms with Crippen LogP contribution in [0.3, 0.4) is 0 Å². The van der Waals surface area contributed by atoms with E-state index < -0.39 is 6.36 Å². The molecule has 2 heterocycles. The summed E-state index contributed by atoms with van der Waals surface area (Å²) in [6.07, 6.45) is 0.241. The first-order valence-corrected chi connectivity index (χ1v) is 11.2. The smallest absolute Gasteiger partial charge is 0.406 e. The number of anilines is 1. The van der Waals surface area contributed by atoms with Crippen molar-refractivity contribution in [2.24, 2.45) is 0 Å². The highest BCUT2D eigenvalue weighted by molar-refractivity contribution is 6.05. The van der Waals surface area contributed by atoms with Crippen molar-refractivity contribution in [2.75, 3.05) is 18.4 Å². The van der Waals surface area contributed by atoms with Gasteiger partial charge in [0, 0.05) is 24.2 Å². The number of carbonyl (C=O) groups is 1. The number of hydrogen-bond acceptors (Lipinski definition) is 4. The van der Waals surface area contributed by atoms with E-state index in [1.807, 2.05) is 19.1 Å². The molecule has 1 amide bonds. The lowest BCUT2D eigenvalue weighted by Gasteiger charge is -2.18. The summed E-state index contributed by atoms with van der Waals surface area (Å²) < 4.78 is 41.3. The summed E-state index contributed by atoms with van der Waals surface area (Å²) in [5, 5.41) is 6.44. The van der Waals surface area contributed by atoms with Crippen LogP contribution in [-0.4, -0.2) is 30.3 Å². The first-order chi connectivity index (χ1) is 16.3. The van der Waals surface area contributed by atoms with Crippen molar-refractivity contribution in [1.29, 1.82) is 0 Å². The van der Waals surface area contributed by atoms with E-state index in [0.29, 0.717) is 16.8 Å². The van der Waals surface area contributed by atoms with Crippen LogP contribution in [0.5, 0.6) is 5.75 Å². The number of aromatic nitrogens is 1. The Balaban J connectivity index is 1.55. The number of halogens is 3. The molecule has 1 unspecified atom stereocenters. The van der Waals surface area contributed by atoms with Crippen LogP contribution in [0.2, 0.25) is 0 Å². The minimum absolute atomic E-state index is 0.227. The number of amides is 1. The molecule has 2 N–H and O–H groups in total. The maximum Gasteiger partial charge on any atom is 0.573 e. The first kappa shape index (κ1) is 23.8. The molecule has 0 radical (unpaired) electrons. The molecule has 0 spiro atoms. The number of benzene rings is 2. The van der Waals surface area contributed by atoms with Crippen LogP contribution in [0.25, 0.3) is 11.1 Å². The average molecular weight is 470 g/mol. The summed E-state index contributed by atoms with van der Waals surface area (Å²) in [5.41, 5.74) is 4.35. The van der Waals surface area contributed by atoms with Gasteiger partial charge in [0.1, 0.15) is 5.75 Å². The van der Waals surface area contributed by atoms with Gasteiger partial charge in [-0.3, -0.25) is 9.78 Å². The lowest BCUT2D eigenvalue weighted by molar-refractivity contribution is -0.274. The maximum atomic E-state index is 13.1. The Morgan fingerprint density at radius 2 is 1.91 bits per heavy atom. The molecule has 34 heavy (non-hydrogen) atoms. The van der Waals surface area contributed by atoms with Gasteiger partial charge in [0.25, 0.3) is 5.91 Å². The number of carbonyl (C=O) groups excluding carboxylic acids is 1. The summed E-state index contributed by atoms with van der Waals surface area (Å²) in [5.74, 6) is -0.334. The highest BCUT2D eigenvalue weighted by Gasteiger charge is 2.31. The molecule has 3 aromatic rings. The SMILES string of the molecule is Cc1ccc(C(=O)Nc2cccnc2C2CCCCNC2)cc1-c1ccc(OC(F)(F)F)cc1. The van der Waals surface area contributed by atoms with E-state index in [-0.39, 0.29) is 17.6 Å². The van der Waals surface area contributed by atoms with Crippen LogP contribution >= 0.6 is 0 Å². The second-order valence-electron chi connectivity index (χ2n) is 8.39. The monoisotopic (exact) mass is 469 g/mol. The van der Waals surface area contributed by atoms with Gasteiger partial charge in [0.2, 0.25) is 0 Å². The van der Waals surface area contributed by atoms with Crippen LogP contribution in [0, 0.1) is 6.92 Å². The van der Waals surface area contributed by atoms with Crippen LogP contribution < -0.4 is 15.4 Å². The highest BCUT2D eigenvalue weighted by atomic mass is 19.4. The number of pyridine rings is 1. The topological polar surface area (TPSA) is 63.2 Å². The predicted octanol–water partition coefficient (Wildman–Crippen LogP) is 6.07. The van der Waals surface area contributed by atoms with E-state index in [0.717, 1.165) is 49.2 Å². The summed E-state index contributed by atoms with van der Waals surface area (Å²) in [7, 11) is 0. The molecule has 1 aromatic heterocycles. The van der Waals surface area contributed by atoms with Crippen molar-refractivity contribution in [3.8, 4) is 16.9 Å².